The predicted molar refractivity (Wildman–Crippen MR) is 118 cm³/mol. The molecular weight excluding hydrogens is 476 g/mol. The lowest BCUT2D eigenvalue weighted by Crippen LogP contribution is -2.43. The second-order valence-electron chi connectivity index (χ2n) is 6.89. The van der Waals surface area contributed by atoms with E-state index in [0.717, 1.165) is 5.56 Å². The molecule has 9 heteroatoms. The van der Waals surface area contributed by atoms with E-state index in [2.05, 4.69) is 15.6 Å². The number of hydrogen-bond acceptors (Lipinski definition) is 3. The lowest BCUT2D eigenvalue weighted by molar-refractivity contribution is -0.130. The lowest BCUT2D eigenvalue weighted by atomic mass is 9.99. The van der Waals surface area contributed by atoms with Gasteiger partial charge in [0, 0.05) is 33.7 Å². The van der Waals surface area contributed by atoms with Gasteiger partial charge in [0.2, 0.25) is 0 Å². The molecule has 1 heterocycles. The van der Waals surface area contributed by atoms with E-state index in [-0.39, 0.29) is 41.7 Å². The number of urea groups is 1. The lowest BCUT2D eigenvalue weighted by Gasteiger charge is -2.23. The molecule has 1 aromatic carbocycles. The maximum absolute atomic E-state index is 13.3. The molecule has 0 aromatic heterocycles. The summed E-state index contributed by atoms with van der Waals surface area (Å²) >= 11 is 0. The van der Waals surface area contributed by atoms with Gasteiger partial charge in [-0.25, -0.2) is 9.18 Å². The van der Waals surface area contributed by atoms with Crippen LogP contribution in [0.15, 0.2) is 29.3 Å². The van der Waals surface area contributed by atoms with Crippen molar-refractivity contribution in [2.75, 3.05) is 27.2 Å². The van der Waals surface area contributed by atoms with Crippen molar-refractivity contribution in [2.24, 2.45) is 4.99 Å². The SMILES string of the molecule is CCC1(C)NC(=O)N(CCCNC(=NC)N(C)Cc2cccc(F)c2)C1=O.I. The maximum Gasteiger partial charge on any atom is 0.325 e. The van der Waals surface area contributed by atoms with E-state index in [1.807, 2.05) is 24.9 Å². The number of carbonyl (C=O) groups is 2. The third kappa shape index (κ3) is 5.79. The van der Waals surface area contributed by atoms with Gasteiger partial charge in [0.1, 0.15) is 11.4 Å². The smallest absolute Gasteiger partial charge is 0.325 e. The number of amides is 3. The molecule has 1 atom stereocenters. The Labute approximate surface area is 182 Å². The number of aliphatic imine (C=N–C) groups is 1. The highest BCUT2D eigenvalue weighted by atomic mass is 127. The van der Waals surface area contributed by atoms with Gasteiger partial charge in [0.25, 0.3) is 5.91 Å². The Morgan fingerprint density at radius 2 is 2.11 bits per heavy atom. The predicted octanol–water partition coefficient (Wildman–Crippen LogP) is 2.56. The van der Waals surface area contributed by atoms with Gasteiger partial charge in [-0.15, -0.1) is 24.0 Å². The summed E-state index contributed by atoms with van der Waals surface area (Å²) in [4.78, 5) is 31.7. The first-order valence-corrected chi connectivity index (χ1v) is 9.11. The average molecular weight is 505 g/mol. The number of guanidine groups is 1. The molecule has 1 fully saturated rings. The van der Waals surface area contributed by atoms with Crippen LogP contribution in [-0.4, -0.2) is 60.4 Å². The van der Waals surface area contributed by atoms with Crippen LogP contribution >= 0.6 is 24.0 Å². The Morgan fingerprint density at radius 1 is 1.39 bits per heavy atom. The second kappa shape index (κ2) is 10.6. The Morgan fingerprint density at radius 3 is 2.68 bits per heavy atom. The van der Waals surface area contributed by atoms with E-state index in [0.29, 0.717) is 38.4 Å². The van der Waals surface area contributed by atoms with E-state index < -0.39 is 5.54 Å². The van der Waals surface area contributed by atoms with Gasteiger partial charge in [0.15, 0.2) is 5.96 Å². The Bertz CT molecular complexity index is 730. The van der Waals surface area contributed by atoms with Gasteiger partial charge in [0.05, 0.1) is 0 Å². The second-order valence-corrected chi connectivity index (χ2v) is 6.89. The van der Waals surface area contributed by atoms with Gasteiger partial charge in [-0.3, -0.25) is 14.7 Å². The van der Waals surface area contributed by atoms with Crippen molar-refractivity contribution in [3.8, 4) is 0 Å². The minimum absolute atomic E-state index is 0. The number of carbonyl (C=O) groups excluding carboxylic acids is 2. The number of nitrogens with one attached hydrogen (secondary N) is 2. The van der Waals surface area contributed by atoms with Crippen LogP contribution in [0.2, 0.25) is 0 Å². The van der Waals surface area contributed by atoms with Crippen LogP contribution in [0.25, 0.3) is 0 Å². The molecule has 0 spiro atoms. The third-order valence-electron chi connectivity index (χ3n) is 4.78. The van der Waals surface area contributed by atoms with E-state index in [1.54, 1.807) is 20.0 Å². The summed E-state index contributed by atoms with van der Waals surface area (Å²) in [6.45, 7) is 5.04. The third-order valence-corrected chi connectivity index (χ3v) is 4.78. The fourth-order valence-electron chi connectivity index (χ4n) is 3.00. The first-order chi connectivity index (χ1) is 12.8. The number of imide groups is 1. The van der Waals surface area contributed by atoms with Crippen LogP contribution in [0.4, 0.5) is 9.18 Å². The van der Waals surface area contributed by atoms with Crippen LogP contribution in [0.3, 0.4) is 0 Å². The maximum atomic E-state index is 13.3. The van der Waals surface area contributed by atoms with E-state index >= 15 is 0 Å². The van der Waals surface area contributed by atoms with Crippen LogP contribution in [0, 0.1) is 5.82 Å². The summed E-state index contributed by atoms with van der Waals surface area (Å²) in [6.07, 6.45) is 1.16. The fraction of sp³-hybridized carbons (Fsp3) is 0.526. The topological polar surface area (TPSA) is 77.0 Å². The number of rotatable bonds is 7. The molecule has 0 bridgehead atoms. The minimum atomic E-state index is -0.800. The van der Waals surface area contributed by atoms with E-state index in [1.165, 1.54) is 17.0 Å². The van der Waals surface area contributed by atoms with Gasteiger partial charge in [-0.05, 0) is 37.5 Å². The molecule has 2 N–H and O–H groups in total. The first-order valence-electron chi connectivity index (χ1n) is 9.11. The van der Waals surface area contributed by atoms with Crippen molar-refractivity contribution in [1.29, 1.82) is 0 Å². The van der Waals surface area contributed by atoms with Crippen molar-refractivity contribution < 1.29 is 14.0 Å². The van der Waals surface area contributed by atoms with Gasteiger partial charge in [-0.1, -0.05) is 19.1 Å². The molecule has 0 saturated carbocycles. The summed E-state index contributed by atoms with van der Waals surface area (Å²) in [7, 11) is 3.54. The Hall–Kier alpha value is -1.91. The highest BCUT2D eigenvalue weighted by Crippen LogP contribution is 2.20. The van der Waals surface area contributed by atoms with Gasteiger partial charge >= 0.3 is 6.03 Å². The zero-order chi connectivity index (χ0) is 20.0. The molecular formula is C19H29FIN5O2. The van der Waals surface area contributed by atoms with Gasteiger partial charge in [-0.2, -0.15) is 0 Å². The molecule has 1 aliphatic heterocycles. The number of hydrogen-bond donors (Lipinski definition) is 2. The summed E-state index contributed by atoms with van der Waals surface area (Å²) in [6, 6.07) is 6.10. The highest BCUT2D eigenvalue weighted by molar-refractivity contribution is 14.0. The van der Waals surface area contributed by atoms with Crippen molar-refractivity contribution in [3.63, 3.8) is 0 Å². The Balaban J connectivity index is 0.00000392. The molecule has 7 nitrogen and oxygen atoms in total. The zero-order valence-corrected chi connectivity index (χ0v) is 19.1. The average Bonchev–Trinajstić information content (AvgIpc) is 2.85. The van der Waals surface area contributed by atoms with E-state index in [4.69, 9.17) is 0 Å². The summed E-state index contributed by atoms with van der Waals surface area (Å²) in [5, 5.41) is 5.95. The number of benzene rings is 1. The minimum Gasteiger partial charge on any atom is -0.356 e. The molecule has 2 rings (SSSR count). The van der Waals surface area contributed by atoms with Crippen molar-refractivity contribution >= 4 is 41.9 Å². The molecule has 1 aliphatic rings. The van der Waals surface area contributed by atoms with Crippen LogP contribution in [0.5, 0.6) is 0 Å². The monoisotopic (exact) mass is 505 g/mol. The molecule has 0 aliphatic carbocycles. The summed E-state index contributed by atoms with van der Waals surface area (Å²) < 4.78 is 13.3. The molecule has 28 heavy (non-hydrogen) atoms. The van der Waals surface area contributed by atoms with E-state index in [9.17, 15) is 14.0 Å². The Kier molecular flexibility index (Phi) is 9.12. The standard InChI is InChI=1S/C19H28FN5O2.HI/c1-5-19(2)16(26)25(18(27)23-19)11-7-10-22-17(21-3)24(4)13-14-8-6-9-15(20)12-14;/h6,8-9,12H,5,7,10-11,13H2,1-4H3,(H,21,22)(H,23,27);1H. The highest BCUT2D eigenvalue weighted by Gasteiger charge is 2.45. The molecule has 1 unspecified atom stereocenters. The summed E-state index contributed by atoms with van der Waals surface area (Å²) in [5.74, 6) is 0.217. The molecule has 156 valence electrons. The molecule has 0 radical (unpaired) electrons. The number of nitrogens with zero attached hydrogens (tertiary/aromatic N) is 3. The van der Waals surface area contributed by atoms with Crippen molar-refractivity contribution in [1.82, 2.24) is 20.4 Å². The molecule has 1 aromatic rings. The molecule has 1 saturated heterocycles. The first kappa shape index (κ1) is 24.1. The van der Waals surface area contributed by atoms with Crippen molar-refractivity contribution in [2.45, 2.75) is 38.8 Å². The number of halogens is 2. The zero-order valence-electron chi connectivity index (χ0n) is 16.8. The van der Waals surface area contributed by atoms with Crippen LogP contribution in [0.1, 0.15) is 32.3 Å². The van der Waals surface area contributed by atoms with Crippen molar-refractivity contribution in [3.05, 3.63) is 35.6 Å². The normalized spacial score (nSPS) is 19.3. The van der Waals surface area contributed by atoms with Gasteiger partial charge < -0.3 is 15.5 Å². The van der Waals surface area contributed by atoms with Crippen LogP contribution in [-0.2, 0) is 11.3 Å². The fourth-order valence-corrected chi connectivity index (χ4v) is 3.00. The largest absolute Gasteiger partial charge is 0.356 e. The summed E-state index contributed by atoms with van der Waals surface area (Å²) in [5.41, 5.74) is 0.0461. The molecule has 3 amide bonds. The quantitative estimate of drug-likeness (QED) is 0.197. The van der Waals surface area contributed by atoms with Crippen LogP contribution < -0.4 is 10.6 Å².